The van der Waals surface area contributed by atoms with Crippen molar-refractivity contribution in [2.24, 2.45) is 5.92 Å². The highest BCUT2D eigenvalue weighted by Gasteiger charge is 2.23. The molecule has 171 valence electrons. The Morgan fingerprint density at radius 3 is 2.39 bits per heavy atom. The maximum Gasteiger partial charge on any atom is 0.270 e. The van der Waals surface area contributed by atoms with Gasteiger partial charge in [0.05, 0.1) is 5.52 Å². The third kappa shape index (κ3) is 6.87. The van der Waals surface area contributed by atoms with E-state index < -0.39 is 17.9 Å². The fourth-order valence-electron chi connectivity index (χ4n) is 3.13. The number of hydrogen-bond acceptors (Lipinski definition) is 4. The van der Waals surface area contributed by atoms with E-state index >= 15 is 0 Å². The summed E-state index contributed by atoms with van der Waals surface area (Å²) >= 11 is 0. The molecule has 1 aromatic heterocycles. The number of aryl methyl sites for hydroxylation is 1. The zero-order valence-corrected chi connectivity index (χ0v) is 19.1. The van der Waals surface area contributed by atoms with Gasteiger partial charge < -0.3 is 16.0 Å². The Hall–Kier alpha value is -3.74. The highest BCUT2D eigenvalue weighted by molar-refractivity contribution is 5.99. The fraction of sp³-hybridized carbons (Fsp3) is 0.269. The molecule has 7 nitrogen and oxygen atoms in total. The number of aromatic nitrogens is 1. The molecule has 3 amide bonds. The summed E-state index contributed by atoms with van der Waals surface area (Å²) in [4.78, 5) is 42.5. The van der Waals surface area contributed by atoms with Gasteiger partial charge in [0.2, 0.25) is 5.91 Å². The van der Waals surface area contributed by atoms with Crippen LogP contribution < -0.4 is 16.0 Å². The minimum atomic E-state index is -0.969. The number of carbonyl (C=O) groups excluding carboxylic acids is 3. The first-order valence-corrected chi connectivity index (χ1v) is 11.0. The van der Waals surface area contributed by atoms with Crippen LogP contribution in [-0.2, 0) is 4.79 Å². The largest absolute Gasteiger partial charge is 0.349 e. The average Bonchev–Trinajstić information content (AvgIpc) is 2.81. The molecule has 0 aliphatic heterocycles. The van der Waals surface area contributed by atoms with Gasteiger partial charge in [0.15, 0.2) is 0 Å². The van der Waals surface area contributed by atoms with Gasteiger partial charge in [-0.3, -0.25) is 14.4 Å². The van der Waals surface area contributed by atoms with Gasteiger partial charge in [-0.05, 0) is 43.5 Å². The molecule has 3 N–H and O–H groups in total. The van der Waals surface area contributed by atoms with Gasteiger partial charge in [0.1, 0.15) is 11.7 Å². The van der Waals surface area contributed by atoms with E-state index in [0.29, 0.717) is 23.4 Å². The number of rotatable bonds is 9. The van der Waals surface area contributed by atoms with Gasteiger partial charge >= 0.3 is 0 Å². The van der Waals surface area contributed by atoms with Crippen molar-refractivity contribution in [2.45, 2.75) is 33.2 Å². The van der Waals surface area contributed by atoms with Crippen LogP contribution in [0.3, 0.4) is 0 Å². The molecule has 2 aromatic carbocycles. The topological polar surface area (TPSA) is 100 Å². The van der Waals surface area contributed by atoms with Gasteiger partial charge in [0.25, 0.3) is 11.8 Å². The average molecular weight is 446 g/mol. The Morgan fingerprint density at radius 1 is 0.939 bits per heavy atom. The van der Waals surface area contributed by atoms with Gasteiger partial charge in [-0.2, -0.15) is 0 Å². The maximum atomic E-state index is 12.9. The number of fused-ring (bicyclic) bond motifs is 1. The molecule has 0 bridgehead atoms. The first kappa shape index (κ1) is 23.9. The minimum Gasteiger partial charge on any atom is -0.349 e. The molecule has 3 rings (SSSR count). The molecule has 1 radical (unpaired) electrons. The molecule has 0 spiro atoms. The number of pyridine rings is 1. The number of amides is 3. The first-order chi connectivity index (χ1) is 15.8. The molecule has 1 atom stereocenters. The summed E-state index contributed by atoms with van der Waals surface area (Å²) < 4.78 is 0. The van der Waals surface area contributed by atoms with E-state index in [1.807, 2.05) is 63.2 Å². The lowest BCUT2D eigenvalue weighted by Gasteiger charge is -2.19. The molecule has 0 aliphatic carbocycles. The molecule has 3 aromatic rings. The third-order valence-corrected chi connectivity index (χ3v) is 5.07. The summed E-state index contributed by atoms with van der Waals surface area (Å²) in [5.41, 5.74) is 2.40. The van der Waals surface area contributed by atoms with Crippen molar-refractivity contribution in [3.8, 4) is 0 Å². The third-order valence-electron chi connectivity index (χ3n) is 5.07. The molecule has 0 fully saturated rings. The standard InChI is InChI=1S/C26H29N4O3/c1-17(2)14-15-27-25(32)23(16-28-24(31)20-10-8-18(3)9-11-20)30-26(33)22-13-12-19-6-4-5-7-21(19)29-22/h4-13,15,17,23H,14,16H2,1-3H3,(H,27,32)(H,28,31)(H,30,33)/t23-/m0/s1. The normalized spacial score (nSPS) is 11.8. The lowest BCUT2D eigenvalue weighted by atomic mass is 10.1. The van der Waals surface area contributed by atoms with Crippen molar-refractivity contribution >= 4 is 28.6 Å². The Bertz CT molecular complexity index is 1130. The summed E-state index contributed by atoms with van der Waals surface area (Å²) in [6.45, 7) is 7.62. The van der Waals surface area contributed by atoms with E-state index in [9.17, 15) is 14.4 Å². The highest BCUT2D eigenvalue weighted by Crippen LogP contribution is 2.12. The molecule has 0 saturated heterocycles. The quantitative estimate of drug-likeness (QED) is 0.470. The summed E-state index contributed by atoms with van der Waals surface area (Å²) in [7, 11) is 0. The van der Waals surface area contributed by atoms with Gasteiger partial charge in [-0.15, -0.1) is 0 Å². The Labute approximate surface area is 194 Å². The van der Waals surface area contributed by atoms with Crippen LogP contribution in [0.15, 0.2) is 60.7 Å². The lowest BCUT2D eigenvalue weighted by Crippen LogP contribution is -2.52. The first-order valence-electron chi connectivity index (χ1n) is 11.0. The van der Waals surface area contributed by atoms with Crippen LogP contribution in [0.5, 0.6) is 0 Å². The number of nitrogens with one attached hydrogen (secondary N) is 3. The minimum absolute atomic E-state index is 0.0621. The molecule has 1 heterocycles. The predicted molar refractivity (Wildman–Crippen MR) is 128 cm³/mol. The highest BCUT2D eigenvalue weighted by atomic mass is 16.2. The summed E-state index contributed by atoms with van der Waals surface area (Å²) in [5.74, 6) is -0.846. The van der Waals surface area contributed by atoms with Crippen molar-refractivity contribution in [2.75, 3.05) is 6.54 Å². The van der Waals surface area contributed by atoms with Crippen LogP contribution in [0.25, 0.3) is 10.9 Å². The van der Waals surface area contributed by atoms with Gasteiger partial charge in [-0.1, -0.05) is 55.8 Å². The second kappa shape index (κ2) is 11.2. The monoisotopic (exact) mass is 445 g/mol. The zero-order valence-electron chi connectivity index (χ0n) is 19.1. The second-order valence-electron chi connectivity index (χ2n) is 8.33. The second-order valence-corrected chi connectivity index (χ2v) is 8.33. The Morgan fingerprint density at radius 2 is 1.67 bits per heavy atom. The smallest absolute Gasteiger partial charge is 0.270 e. The fourth-order valence-corrected chi connectivity index (χ4v) is 3.13. The van der Waals surface area contributed by atoms with Crippen LogP contribution in [-0.4, -0.2) is 35.3 Å². The number of carbonyl (C=O) groups is 3. The molecular formula is C26H29N4O3. The van der Waals surface area contributed by atoms with Crippen LogP contribution in [0, 0.1) is 19.4 Å². The van der Waals surface area contributed by atoms with Crippen molar-refractivity contribution in [3.63, 3.8) is 0 Å². The van der Waals surface area contributed by atoms with Crippen molar-refractivity contribution in [1.29, 1.82) is 0 Å². The van der Waals surface area contributed by atoms with E-state index in [4.69, 9.17) is 0 Å². The maximum absolute atomic E-state index is 12.9. The van der Waals surface area contributed by atoms with Crippen molar-refractivity contribution in [3.05, 3.63) is 84.0 Å². The SMILES string of the molecule is Cc1ccc(C(=O)NC[C@H](NC(=O)c2ccc3ccccc3n2)C(=O)N[CH]CC(C)C)cc1. The molecule has 0 saturated carbocycles. The summed E-state index contributed by atoms with van der Waals surface area (Å²) in [6, 6.07) is 17.0. The molecule has 0 aliphatic rings. The van der Waals surface area contributed by atoms with E-state index in [-0.39, 0.29) is 18.1 Å². The van der Waals surface area contributed by atoms with Crippen LogP contribution in [0.2, 0.25) is 0 Å². The van der Waals surface area contributed by atoms with E-state index in [1.165, 1.54) is 0 Å². The number of hydrogen-bond donors (Lipinski definition) is 3. The summed E-state index contributed by atoms with van der Waals surface area (Å²) in [5, 5.41) is 9.07. The summed E-state index contributed by atoms with van der Waals surface area (Å²) in [6.07, 6.45) is 0.689. The van der Waals surface area contributed by atoms with E-state index in [2.05, 4.69) is 20.9 Å². The molecule has 33 heavy (non-hydrogen) atoms. The Balaban J connectivity index is 1.70. The van der Waals surface area contributed by atoms with Gasteiger partial charge in [0, 0.05) is 24.0 Å². The predicted octanol–water partition coefficient (Wildman–Crippen LogP) is 3.40. The Kier molecular flexibility index (Phi) is 8.13. The molecule has 0 unspecified atom stereocenters. The van der Waals surface area contributed by atoms with Crippen LogP contribution in [0.4, 0.5) is 0 Å². The van der Waals surface area contributed by atoms with E-state index in [0.717, 1.165) is 10.9 Å². The van der Waals surface area contributed by atoms with Crippen molar-refractivity contribution < 1.29 is 14.4 Å². The lowest BCUT2D eigenvalue weighted by molar-refractivity contribution is -0.122. The number of para-hydroxylation sites is 1. The van der Waals surface area contributed by atoms with Crippen LogP contribution >= 0.6 is 0 Å². The van der Waals surface area contributed by atoms with E-state index in [1.54, 1.807) is 24.7 Å². The van der Waals surface area contributed by atoms with Crippen LogP contribution in [0.1, 0.15) is 46.7 Å². The molecular weight excluding hydrogens is 416 g/mol. The van der Waals surface area contributed by atoms with Gasteiger partial charge in [-0.25, -0.2) is 4.98 Å². The van der Waals surface area contributed by atoms with Crippen molar-refractivity contribution in [1.82, 2.24) is 20.9 Å². The zero-order chi connectivity index (χ0) is 23.8. The number of nitrogens with zero attached hydrogens (tertiary/aromatic N) is 1. The molecule has 7 heteroatoms. The number of benzene rings is 2.